The molecule has 18 heavy (non-hydrogen) atoms. The van der Waals surface area contributed by atoms with E-state index in [2.05, 4.69) is 5.10 Å². The van der Waals surface area contributed by atoms with Gasteiger partial charge in [-0.1, -0.05) is 17.7 Å². The van der Waals surface area contributed by atoms with Gasteiger partial charge in [-0.25, -0.2) is 4.68 Å². The maximum absolute atomic E-state index is 11.6. The minimum atomic E-state index is -0.140. The molecule has 2 rings (SSSR count). The lowest BCUT2D eigenvalue weighted by Gasteiger charge is -2.13. The van der Waals surface area contributed by atoms with Crippen LogP contribution in [-0.2, 0) is 5.88 Å². The summed E-state index contributed by atoms with van der Waals surface area (Å²) in [5, 5.41) is 4.90. The molecular weight excluding hydrogens is 271 g/mol. The lowest BCUT2D eigenvalue weighted by atomic mass is 10.2. The summed E-state index contributed by atoms with van der Waals surface area (Å²) in [7, 11) is 0. The Balaban J connectivity index is 2.70. The van der Waals surface area contributed by atoms with Crippen molar-refractivity contribution in [3.05, 3.63) is 56.5 Å². The van der Waals surface area contributed by atoms with Gasteiger partial charge in [0.15, 0.2) is 0 Å². The number of rotatable bonds is 2. The van der Waals surface area contributed by atoms with Crippen molar-refractivity contribution < 1.29 is 0 Å². The van der Waals surface area contributed by atoms with Gasteiger partial charge in [-0.2, -0.15) is 5.10 Å². The molecule has 0 unspecified atom stereocenters. The van der Waals surface area contributed by atoms with Crippen molar-refractivity contribution in [2.45, 2.75) is 19.7 Å². The Hall–Kier alpha value is -1.32. The molecule has 0 radical (unpaired) electrons. The fourth-order valence-corrected chi connectivity index (χ4v) is 2.08. The average molecular weight is 283 g/mol. The predicted molar refractivity (Wildman–Crippen MR) is 73.9 cm³/mol. The van der Waals surface area contributed by atoms with Crippen molar-refractivity contribution >= 4 is 23.2 Å². The molecule has 3 nitrogen and oxygen atoms in total. The third kappa shape index (κ3) is 2.42. The molecule has 5 heteroatoms. The summed E-state index contributed by atoms with van der Waals surface area (Å²) in [6.07, 6.45) is 0. The molecule has 2 aromatic rings. The molecule has 0 aliphatic carbocycles. The summed E-state index contributed by atoms with van der Waals surface area (Å²) in [4.78, 5) is 11.6. The highest BCUT2D eigenvalue weighted by Gasteiger charge is 2.09. The van der Waals surface area contributed by atoms with Crippen molar-refractivity contribution in [1.29, 1.82) is 0 Å². The summed E-state index contributed by atoms with van der Waals surface area (Å²) in [5.74, 6) is 0.0960. The van der Waals surface area contributed by atoms with Gasteiger partial charge in [-0.3, -0.25) is 4.79 Å². The second kappa shape index (κ2) is 5.12. The molecule has 0 saturated carbocycles. The van der Waals surface area contributed by atoms with Gasteiger partial charge < -0.3 is 0 Å². The molecule has 0 aliphatic rings. The zero-order valence-electron chi connectivity index (χ0n) is 10.1. The fraction of sp³-hybridized carbons (Fsp3) is 0.231. The Morgan fingerprint density at radius 3 is 2.67 bits per heavy atom. The smallest absolute Gasteiger partial charge is 0.204 e. The molecule has 0 atom stereocenters. The molecule has 0 amide bonds. The average Bonchev–Trinajstić information content (AvgIpc) is 2.33. The van der Waals surface area contributed by atoms with E-state index >= 15 is 0 Å². The first-order valence-corrected chi connectivity index (χ1v) is 6.36. The number of hydrogen-bond donors (Lipinski definition) is 0. The molecule has 0 spiro atoms. The van der Waals surface area contributed by atoms with Gasteiger partial charge in [0.05, 0.1) is 11.6 Å². The van der Waals surface area contributed by atoms with Crippen LogP contribution < -0.4 is 5.43 Å². The van der Waals surface area contributed by atoms with E-state index in [4.69, 9.17) is 23.2 Å². The summed E-state index contributed by atoms with van der Waals surface area (Å²) >= 11 is 11.7. The Morgan fingerprint density at radius 2 is 2.00 bits per heavy atom. The van der Waals surface area contributed by atoms with Crippen LogP contribution in [0.3, 0.4) is 0 Å². The summed E-state index contributed by atoms with van der Waals surface area (Å²) in [6, 6.07) is 7.09. The highest BCUT2D eigenvalue weighted by Crippen LogP contribution is 2.19. The second-order valence-corrected chi connectivity index (χ2v) is 4.78. The first kappa shape index (κ1) is 13.1. The van der Waals surface area contributed by atoms with E-state index in [1.54, 1.807) is 4.68 Å². The molecular formula is C13H12Cl2N2O. The number of alkyl halides is 1. The van der Waals surface area contributed by atoms with Crippen molar-refractivity contribution in [3.63, 3.8) is 0 Å². The first-order chi connectivity index (χ1) is 8.52. The number of halogens is 2. The Bertz CT molecular complexity index is 650. The van der Waals surface area contributed by atoms with Gasteiger partial charge >= 0.3 is 0 Å². The van der Waals surface area contributed by atoms with Crippen molar-refractivity contribution in [3.8, 4) is 5.69 Å². The van der Waals surface area contributed by atoms with Crippen LogP contribution in [-0.4, -0.2) is 9.78 Å². The number of nitrogens with zero attached hydrogens (tertiary/aromatic N) is 2. The van der Waals surface area contributed by atoms with Crippen LogP contribution in [0.5, 0.6) is 0 Å². The predicted octanol–water partition coefficient (Wildman–Crippen LogP) is 3.24. The number of aryl methyl sites for hydroxylation is 2. The minimum Gasteiger partial charge on any atom is -0.288 e. The standard InChI is InChI=1S/C13H12Cl2N2O/c1-8-3-4-10(15)6-12(8)17-9(2)5-13(18)11(7-14)16-17/h3-6H,7H2,1-2H3. The van der Waals surface area contributed by atoms with Crippen molar-refractivity contribution in [1.82, 2.24) is 9.78 Å². The van der Waals surface area contributed by atoms with E-state index in [9.17, 15) is 4.79 Å². The Kier molecular flexibility index (Phi) is 3.73. The Morgan fingerprint density at radius 1 is 1.28 bits per heavy atom. The SMILES string of the molecule is Cc1ccc(Cl)cc1-n1nc(CCl)c(=O)cc1C. The zero-order valence-corrected chi connectivity index (χ0v) is 11.6. The van der Waals surface area contributed by atoms with Gasteiger partial charge in [0.25, 0.3) is 0 Å². The van der Waals surface area contributed by atoms with Crippen molar-refractivity contribution in [2.75, 3.05) is 0 Å². The highest BCUT2D eigenvalue weighted by atomic mass is 35.5. The third-order valence-corrected chi connectivity index (χ3v) is 3.19. The topological polar surface area (TPSA) is 34.9 Å². The van der Waals surface area contributed by atoms with E-state index in [1.807, 2.05) is 32.0 Å². The lowest BCUT2D eigenvalue weighted by molar-refractivity contribution is 0.768. The number of benzene rings is 1. The van der Waals surface area contributed by atoms with E-state index < -0.39 is 0 Å². The third-order valence-electron chi connectivity index (χ3n) is 2.71. The minimum absolute atomic E-state index is 0.0960. The molecule has 0 saturated heterocycles. The van der Waals surface area contributed by atoms with E-state index in [0.717, 1.165) is 16.9 Å². The summed E-state index contributed by atoms with van der Waals surface area (Å²) < 4.78 is 1.69. The van der Waals surface area contributed by atoms with Crippen LogP contribution in [0.4, 0.5) is 0 Å². The van der Waals surface area contributed by atoms with Crippen LogP contribution in [0.25, 0.3) is 5.69 Å². The van der Waals surface area contributed by atoms with Crippen LogP contribution in [0.1, 0.15) is 17.0 Å². The fourth-order valence-electron chi connectivity index (χ4n) is 1.73. The Labute approximate surface area is 115 Å². The monoisotopic (exact) mass is 282 g/mol. The van der Waals surface area contributed by atoms with Crippen LogP contribution in [0.2, 0.25) is 5.02 Å². The largest absolute Gasteiger partial charge is 0.288 e. The van der Waals surface area contributed by atoms with E-state index in [-0.39, 0.29) is 11.3 Å². The molecule has 0 N–H and O–H groups in total. The van der Waals surface area contributed by atoms with Crippen LogP contribution >= 0.6 is 23.2 Å². The summed E-state index contributed by atoms with van der Waals surface area (Å²) in [6.45, 7) is 3.79. The normalized spacial score (nSPS) is 10.7. The molecule has 94 valence electrons. The second-order valence-electron chi connectivity index (χ2n) is 4.07. The molecule has 0 aliphatic heterocycles. The molecule has 1 aromatic heterocycles. The maximum Gasteiger partial charge on any atom is 0.204 e. The van der Waals surface area contributed by atoms with Gasteiger partial charge in [-0.05, 0) is 31.5 Å². The number of hydrogen-bond acceptors (Lipinski definition) is 2. The summed E-state index contributed by atoms with van der Waals surface area (Å²) in [5.41, 5.74) is 2.82. The first-order valence-electron chi connectivity index (χ1n) is 5.45. The quantitative estimate of drug-likeness (QED) is 0.793. The maximum atomic E-state index is 11.6. The lowest BCUT2D eigenvalue weighted by Crippen LogP contribution is -2.18. The zero-order chi connectivity index (χ0) is 13.3. The molecule has 0 fully saturated rings. The number of aromatic nitrogens is 2. The van der Waals surface area contributed by atoms with Gasteiger partial charge in [0, 0.05) is 16.8 Å². The van der Waals surface area contributed by atoms with Gasteiger partial charge in [-0.15, -0.1) is 11.6 Å². The highest BCUT2D eigenvalue weighted by molar-refractivity contribution is 6.30. The van der Waals surface area contributed by atoms with Gasteiger partial charge in [0.1, 0.15) is 5.69 Å². The van der Waals surface area contributed by atoms with Crippen LogP contribution in [0.15, 0.2) is 29.1 Å². The van der Waals surface area contributed by atoms with E-state index in [0.29, 0.717) is 10.7 Å². The molecule has 1 heterocycles. The molecule has 1 aromatic carbocycles. The van der Waals surface area contributed by atoms with Gasteiger partial charge in [0.2, 0.25) is 5.43 Å². The van der Waals surface area contributed by atoms with Crippen LogP contribution in [0, 0.1) is 13.8 Å². The van der Waals surface area contributed by atoms with E-state index in [1.165, 1.54) is 6.07 Å². The molecule has 0 bridgehead atoms. The van der Waals surface area contributed by atoms with Crippen molar-refractivity contribution in [2.24, 2.45) is 0 Å².